The molecule has 1 heteroatoms. The molecule has 1 N–H and O–H groups in total. The second-order valence-electron chi connectivity index (χ2n) is 2.18. The maximum atomic E-state index is 9.08. The molecule has 0 aliphatic heterocycles. The van der Waals surface area contributed by atoms with Crippen LogP contribution in [0, 0.1) is 12.3 Å². The Morgan fingerprint density at radius 3 is 2.80 bits per heavy atom. The van der Waals surface area contributed by atoms with Crippen molar-refractivity contribution in [1.82, 2.24) is 0 Å². The standard InChI is InChI=1S/C9H14O/c1-3-5-6-8-9(10)7-4-2/h2,5-6,9-10H,3,7-8H2,1H3. The van der Waals surface area contributed by atoms with Crippen molar-refractivity contribution in [2.45, 2.75) is 32.3 Å². The molecule has 0 amide bonds. The molecule has 0 rings (SSSR count). The van der Waals surface area contributed by atoms with Gasteiger partial charge in [-0.15, -0.1) is 12.3 Å². The molecule has 1 atom stereocenters. The van der Waals surface area contributed by atoms with Gasteiger partial charge in [0.05, 0.1) is 6.10 Å². The van der Waals surface area contributed by atoms with Crippen molar-refractivity contribution < 1.29 is 5.11 Å². The predicted molar refractivity (Wildman–Crippen MR) is 43.5 cm³/mol. The van der Waals surface area contributed by atoms with Crippen LogP contribution < -0.4 is 0 Å². The zero-order valence-electron chi connectivity index (χ0n) is 6.38. The van der Waals surface area contributed by atoms with Gasteiger partial charge in [0, 0.05) is 6.42 Å². The van der Waals surface area contributed by atoms with Crippen LogP contribution in [0.1, 0.15) is 26.2 Å². The van der Waals surface area contributed by atoms with E-state index in [0.29, 0.717) is 12.8 Å². The molecule has 0 aromatic rings. The van der Waals surface area contributed by atoms with E-state index in [-0.39, 0.29) is 6.10 Å². The lowest BCUT2D eigenvalue weighted by Crippen LogP contribution is -2.02. The second kappa shape index (κ2) is 6.38. The number of rotatable bonds is 4. The molecule has 0 radical (unpaired) electrons. The molecule has 0 saturated carbocycles. The number of aliphatic hydroxyl groups is 1. The quantitative estimate of drug-likeness (QED) is 0.463. The van der Waals surface area contributed by atoms with Crippen molar-refractivity contribution in [3.8, 4) is 12.3 Å². The van der Waals surface area contributed by atoms with Gasteiger partial charge < -0.3 is 5.11 Å². The Balaban J connectivity index is 3.31. The summed E-state index contributed by atoms with van der Waals surface area (Å²) in [6.45, 7) is 2.06. The monoisotopic (exact) mass is 138 g/mol. The van der Waals surface area contributed by atoms with Gasteiger partial charge in [-0.3, -0.25) is 0 Å². The van der Waals surface area contributed by atoms with Gasteiger partial charge in [-0.1, -0.05) is 19.1 Å². The minimum atomic E-state index is -0.354. The maximum Gasteiger partial charge on any atom is 0.0683 e. The van der Waals surface area contributed by atoms with Gasteiger partial charge in [0.15, 0.2) is 0 Å². The summed E-state index contributed by atoms with van der Waals surface area (Å²) >= 11 is 0. The van der Waals surface area contributed by atoms with Crippen LogP contribution in [0.4, 0.5) is 0 Å². The summed E-state index contributed by atoms with van der Waals surface area (Å²) < 4.78 is 0. The maximum absolute atomic E-state index is 9.08. The minimum Gasteiger partial charge on any atom is -0.392 e. The molecule has 0 aromatic heterocycles. The van der Waals surface area contributed by atoms with E-state index in [4.69, 9.17) is 11.5 Å². The van der Waals surface area contributed by atoms with E-state index >= 15 is 0 Å². The Hall–Kier alpha value is -0.740. The number of allylic oxidation sites excluding steroid dienone is 1. The first kappa shape index (κ1) is 9.26. The molecule has 0 aromatic carbocycles. The Labute approximate surface area is 62.8 Å². The molecule has 0 heterocycles. The first-order chi connectivity index (χ1) is 4.81. The Morgan fingerprint density at radius 1 is 1.60 bits per heavy atom. The van der Waals surface area contributed by atoms with Gasteiger partial charge >= 0.3 is 0 Å². The average molecular weight is 138 g/mol. The van der Waals surface area contributed by atoms with Crippen LogP contribution in [0.2, 0.25) is 0 Å². The highest BCUT2D eigenvalue weighted by Gasteiger charge is 1.95. The summed E-state index contributed by atoms with van der Waals surface area (Å²) in [5.41, 5.74) is 0. The molecule has 1 nitrogen and oxygen atoms in total. The Morgan fingerprint density at radius 2 is 2.30 bits per heavy atom. The van der Waals surface area contributed by atoms with E-state index in [9.17, 15) is 0 Å². The van der Waals surface area contributed by atoms with E-state index in [1.165, 1.54) is 0 Å². The highest BCUT2D eigenvalue weighted by molar-refractivity contribution is 4.91. The van der Waals surface area contributed by atoms with E-state index in [0.717, 1.165) is 6.42 Å². The van der Waals surface area contributed by atoms with Crippen molar-refractivity contribution >= 4 is 0 Å². The molecular weight excluding hydrogens is 124 g/mol. The highest BCUT2D eigenvalue weighted by Crippen LogP contribution is 1.97. The van der Waals surface area contributed by atoms with Gasteiger partial charge in [0.25, 0.3) is 0 Å². The van der Waals surface area contributed by atoms with E-state index in [1.54, 1.807) is 0 Å². The lowest BCUT2D eigenvalue weighted by molar-refractivity contribution is 0.183. The first-order valence-electron chi connectivity index (χ1n) is 3.57. The zero-order valence-corrected chi connectivity index (χ0v) is 6.38. The third kappa shape index (κ3) is 5.40. The summed E-state index contributed by atoms with van der Waals surface area (Å²) in [5.74, 6) is 2.41. The SMILES string of the molecule is C#CCC(O)CC=CCC. The highest BCUT2D eigenvalue weighted by atomic mass is 16.3. The van der Waals surface area contributed by atoms with Crippen LogP contribution in [0.5, 0.6) is 0 Å². The van der Waals surface area contributed by atoms with Crippen molar-refractivity contribution in [1.29, 1.82) is 0 Å². The van der Waals surface area contributed by atoms with Gasteiger partial charge in [-0.2, -0.15) is 0 Å². The minimum absolute atomic E-state index is 0.354. The molecular formula is C9H14O. The largest absolute Gasteiger partial charge is 0.392 e. The van der Waals surface area contributed by atoms with E-state index < -0.39 is 0 Å². The first-order valence-corrected chi connectivity index (χ1v) is 3.57. The second-order valence-corrected chi connectivity index (χ2v) is 2.18. The fourth-order valence-corrected chi connectivity index (χ4v) is 0.639. The summed E-state index contributed by atoms with van der Waals surface area (Å²) in [7, 11) is 0. The lowest BCUT2D eigenvalue weighted by Gasteiger charge is -2.00. The topological polar surface area (TPSA) is 20.2 Å². The molecule has 0 fully saturated rings. The van der Waals surface area contributed by atoms with Crippen molar-refractivity contribution in [3.63, 3.8) is 0 Å². The number of hydrogen-bond donors (Lipinski definition) is 1. The normalized spacial score (nSPS) is 13.3. The molecule has 0 saturated heterocycles. The molecule has 0 aliphatic carbocycles. The van der Waals surface area contributed by atoms with Gasteiger partial charge in [-0.25, -0.2) is 0 Å². The van der Waals surface area contributed by atoms with Crippen LogP contribution in [-0.2, 0) is 0 Å². The zero-order chi connectivity index (χ0) is 7.82. The Bertz CT molecular complexity index is 130. The molecule has 0 spiro atoms. The van der Waals surface area contributed by atoms with Crippen LogP contribution >= 0.6 is 0 Å². The van der Waals surface area contributed by atoms with Gasteiger partial charge in [0.2, 0.25) is 0 Å². The van der Waals surface area contributed by atoms with E-state index in [1.807, 2.05) is 12.2 Å². The van der Waals surface area contributed by atoms with Gasteiger partial charge in [-0.05, 0) is 12.8 Å². The van der Waals surface area contributed by atoms with E-state index in [2.05, 4.69) is 12.8 Å². The van der Waals surface area contributed by atoms with Crippen molar-refractivity contribution in [2.75, 3.05) is 0 Å². The fourth-order valence-electron chi connectivity index (χ4n) is 0.639. The molecule has 0 bridgehead atoms. The van der Waals surface area contributed by atoms with Crippen LogP contribution in [0.3, 0.4) is 0 Å². The summed E-state index contributed by atoms with van der Waals surface area (Å²) in [4.78, 5) is 0. The summed E-state index contributed by atoms with van der Waals surface area (Å²) in [5, 5.41) is 9.08. The molecule has 56 valence electrons. The smallest absolute Gasteiger partial charge is 0.0683 e. The Kier molecular flexibility index (Phi) is 5.91. The molecule has 1 unspecified atom stereocenters. The third-order valence-corrected chi connectivity index (χ3v) is 1.16. The van der Waals surface area contributed by atoms with Crippen LogP contribution in [0.25, 0.3) is 0 Å². The van der Waals surface area contributed by atoms with Gasteiger partial charge in [0.1, 0.15) is 0 Å². The molecule has 10 heavy (non-hydrogen) atoms. The van der Waals surface area contributed by atoms with Crippen LogP contribution in [0.15, 0.2) is 12.2 Å². The number of hydrogen-bond acceptors (Lipinski definition) is 1. The van der Waals surface area contributed by atoms with Crippen molar-refractivity contribution in [3.05, 3.63) is 12.2 Å². The number of aliphatic hydroxyl groups excluding tert-OH is 1. The number of terminal acetylenes is 1. The predicted octanol–water partition coefficient (Wildman–Crippen LogP) is 1.73. The molecule has 0 aliphatic rings. The summed E-state index contributed by atoms with van der Waals surface area (Å²) in [6, 6.07) is 0. The average Bonchev–Trinajstić information content (AvgIpc) is 1.89. The van der Waals surface area contributed by atoms with Crippen molar-refractivity contribution in [2.24, 2.45) is 0 Å². The fraction of sp³-hybridized carbons (Fsp3) is 0.556. The summed E-state index contributed by atoms with van der Waals surface area (Å²) in [6.07, 6.45) is 10.8. The van der Waals surface area contributed by atoms with Crippen LogP contribution in [-0.4, -0.2) is 11.2 Å². The lowest BCUT2D eigenvalue weighted by atomic mass is 10.2. The third-order valence-electron chi connectivity index (χ3n) is 1.16.